The first-order valence-electron chi connectivity index (χ1n) is 7.94. The largest absolute Gasteiger partial charge is 0.487 e. The van der Waals surface area contributed by atoms with E-state index in [0.717, 1.165) is 17.4 Å². The first kappa shape index (κ1) is 19.0. The minimum atomic E-state index is -0.502. The van der Waals surface area contributed by atoms with Crippen LogP contribution in [-0.4, -0.2) is 17.9 Å². The SMILES string of the molecule is CC(C)(C)OC(=O)Cc1cccc(COc2cc(C=O)ccc2Cl)c1. The van der Waals surface area contributed by atoms with Gasteiger partial charge in [-0.3, -0.25) is 9.59 Å². The zero-order valence-corrected chi connectivity index (χ0v) is 15.3. The van der Waals surface area contributed by atoms with Crippen LogP contribution in [0, 0.1) is 0 Å². The average molecular weight is 361 g/mol. The fraction of sp³-hybridized carbons (Fsp3) is 0.300. The maximum absolute atomic E-state index is 11.9. The van der Waals surface area contributed by atoms with Gasteiger partial charge < -0.3 is 9.47 Å². The molecule has 4 nitrogen and oxygen atoms in total. The number of hydrogen-bond acceptors (Lipinski definition) is 4. The van der Waals surface area contributed by atoms with Gasteiger partial charge in [-0.15, -0.1) is 0 Å². The molecule has 0 aliphatic heterocycles. The number of aldehydes is 1. The van der Waals surface area contributed by atoms with Crippen molar-refractivity contribution in [2.24, 2.45) is 0 Å². The summed E-state index contributed by atoms with van der Waals surface area (Å²) in [5.41, 5.74) is 1.74. The lowest BCUT2D eigenvalue weighted by atomic mass is 10.1. The van der Waals surface area contributed by atoms with Gasteiger partial charge in [-0.2, -0.15) is 0 Å². The minimum absolute atomic E-state index is 0.201. The third kappa shape index (κ3) is 6.24. The molecular formula is C20H21ClO4. The summed E-state index contributed by atoms with van der Waals surface area (Å²) >= 11 is 6.08. The molecule has 0 amide bonds. The molecule has 0 saturated heterocycles. The fourth-order valence-corrected chi connectivity index (χ4v) is 2.41. The van der Waals surface area contributed by atoms with Gasteiger partial charge in [0.1, 0.15) is 24.2 Å². The van der Waals surface area contributed by atoms with Crippen molar-refractivity contribution in [1.29, 1.82) is 0 Å². The summed E-state index contributed by atoms with van der Waals surface area (Å²) in [6.45, 7) is 5.80. The van der Waals surface area contributed by atoms with Crippen molar-refractivity contribution in [3.8, 4) is 5.75 Å². The van der Waals surface area contributed by atoms with E-state index in [2.05, 4.69) is 0 Å². The van der Waals surface area contributed by atoms with Gasteiger partial charge in [-0.1, -0.05) is 35.9 Å². The molecule has 25 heavy (non-hydrogen) atoms. The molecule has 5 heteroatoms. The van der Waals surface area contributed by atoms with E-state index in [1.807, 2.05) is 45.0 Å². The molecule has 0 saturated carbocycles. The highest BCUT2D eigenvalue weighted by atomic mass is 35.5. The summed E-state index contributed by atoms with van der Waals surface area (Å²) in [5.74, 6) is 0.177. The lowest BCUT2D eigenvalue weighted by molar-refractivity contribution is -0.153. The van der Waals surface area contributed by atoms with Crippen LogP contribution in [0.25, 0.3) is 0 Å². The monoisotopic (exact) mass is 360 g/mol. The standard InChI is InChI=1S/C20H21ClO4/c1-20(2,3)25-19(23)11-14-5-4-6-16(9-14)13-24-18-10-15(12-22)7-8-17(18)21/h4-10,12H,11,13H2,1-3H3. The zero-order valence-electron chi connectivity index (χ0n) is 14.5. The van der Waals surface area contributed by atoms with Gasteiger partial charge in [0.15, 0.2) is 0 Å². The highest BCUT2D eigenvalue weighted by Crippen LogP contribution is 2.26. The van der Waals surface area contributed by atoms with Crippen LogP contribution < -0.4 is 4.74 Å². The smallest absolute Gasteiger partial charge is 0.310 e. The lowest BCUT2D eigenvalue weighted by Crippen LogP contribution is -2.24. The molecule has 132 valence electrons. The molecule has 0 heterocycles. The van der Waals surface area contributed by atoms with Crippen LogP contribution in [0.15, 0.2) is 42.5 Å². The van der Waals surface area contributed by atoms with Crippen LogP contribution in [0.1, 0.15) is 42.3 Å². The second-order valence-electron chi connectivity index (χ2n) is 6.68. The number of ether oxygens (including phenoxy) is 2. The maximum atomic E-state index is 11.9. The van der Waals surface area contributed by atoms with Gasteiger partial charge in [-0.05, 0) is 50.1 Å². The molecular weight excluding hydrogens is 340 g/mol. The molecule has 0 aliphatic carbocycles. The molecule has 0 bridgehead atoms. The molecule has 0 radical (unpaired) electrons. The quantitative estimate of drug-likeness (QED) is 0.557. The normalized spacial score (nSPS) is 11.0. The Morgan fingerprint density at radius 1 is 1.12 bits per heavy atom. The van der Waals surface area contributed by atoms with Gasteiger partial charge in [-0.25, -0.2) is 0 Å². The molecule has 0 fully saturated rings. The van der Waals surface area contributed by atoms with Gasteiger partial charge in [0.05, 0.1) is 11.4 Å². The molecule has 0 spiro atoms. The number of esters is 1. The van der Waals surface area contributed by atoms with Crippen molar-refractivity contribution >= 4 is 23.9 Å². The molecule has 0 N–H and O–H groups in total. The second kappa shape index (κ2) is 8.17. The van der Waals surface area contributed by atoms with Crippen LogP contribution >= 0.6 is 11.6 Å². The van der Waals surface area contributed by atoms with Crippen molar-refractivity contribution in [1.82, 2.24) is 0 Å². The van der Waals surface area contributed by atoms with Crippen molar-refractivity contribution in [3.63, 3.8) is 0 Å². The van der Waals surface area contributed by atoms with E-state index in [9.17, 15) is 9.59 Å². The Labute approximate surface area is 152 Å². The molecule has 2 aromatic rings. The van der Waals surface area contributed by atoms with E-state index in [0.29, 0.717) is 16.3 Å². The van der Waals surface area contributed by atoms with E-state index < -0.39 is 5.60 Å². The van der Waals surface area contributed by atoms with E-state index >= 15 is 0 Å². The average Bonchev–Trinajstić information content (AvgIpc) is 2.52. The number of rotatable bonds is 6. The van der Waals surface area contributed by atoms with Crippen molar-refractivity contribution < 1.29 is 19.1 Å². The second-order valence-corrected chi connectivity index (χ2v) is 7.09. The van der Waals surface area contributed by atoms with Crippen molar-refractivity contribution in [2.45, 2.75) is 39.4 Å². The van der Waals surface area contributed by atoms with Crippen molar-refractivity contribution in [3.05, 3.63) is 64.2 Å². The number of carbonyl (C=O) groups is 2. The molecule has 0 aliphatic rings. The molecule has 0 aromatic heterocycles. The summed E-state index contributed by atoms with van der Waals surface area (Å²) in [6.07, 6.45) is 0.942. The summed E-state index contributed by atoms with van der Waals surface area (Å²) in [7, 11) is 0. The first-order chi connectivity index (χ1) is 11.8. The third-order valence-corrected chi connectivity index (χ3v) is 3.56. The highest BCUT2D eigenvalue weighted by molar-refractivity contribution is 6.32. The molecule has 0 atom stereocenters. The van der Waals surface area contributed by atoms with E-state index in [4.69, 9.17) is 21.1 Å². The Hall–Kier alpha value is -2.33. The van der Waals surface area contributed by atoms with Crippen LogP contribution in [0.3, 0.4) is 0 Å². The Morgan fingerprint density at radius 3 is 2.52 bits per heavy atom. The van der Waals surface area contributed by atoms with E-state index in [1.54, 1.807) is 18.2 Å². The topological polar surface area (TPSA) is 52.6 Å². The Balaban J connectivity index is 2.02. The molecule has 2 rings (SSSR count). The number of benzene rings is 2. The van der Waals surface area contributed by atoms with Gasteiger partial charge >= 0.3 is 5.97 Å². The number of halogens is 1. The Bertz CT molecular complexity index is 763. The lowest BCUT2D eigenvalue weighted by Gasteiger charge is -2.19. The number of carbonyl (C=O) groups excluding carboxylic acids is 2. The minimum Gasteiger partial charge on any atom is -0.487 e. The van der Waals surface area contributed by atoms with Crippen LogP contribution in [0.5, 0.6) is 5.75 Å². The zero-order chi connectivity index (χ0) is 18.4. The maximum Gasteiger partial charge on any atom is 0.310 e. The van der Waals surface area contributed by atoms with Crippen LogP contribution in [-0.2, 0) is 22.6 Å². The Kier molecular flexibility index (Phi) is 6.21. The van der Waals surface area contributed by atoms with Crippen LogP contribution in [0.4, 0.5) is 0 Å². The van der Waals surface area contributed by atoms with E-state index in [1.165, 1.54) is 0 Å². The predicted molar refractivity (Wildman–Crippen MR) is 97.2 cm³/mol. The molecule has 0 unspecified atom stereocenters. The van der Waals surface area contributed by atoms with Gasteiger partial charge in [0.25, 0.3) is 0 Å². The fourth-order valence-electron chi connectivity index (χ4n) is 2.24. The summed E-state index contributed by atoms with van der Waals surface area (Å²) in [6, 6.07) is 12.4. The Morgan fingerprint density at radius 2 is 1.84 bits per heavy atom. The van der Waals surface area contributed by atoms with Crippen molar-refractivity contribution in [2.75, 3.05) is 0 Å². The van der Waals surface area contributed by atoms with E-state index in [-0.39, 0.29) is 19.0 Å². The summed E-state index contributed by atoms with van der Waals surface area (Å²) in [4.78, 5) is 22.8. The third-order valence-electron chi connectivity index (χ3n) is 3.25. The first-order valence-corrected chi connectivity index (χ1v) is 8.32. The highest BCUT2D eigenvalue weighted by Gasteiger charge is 2.16. The molecule has 2 aromatic carbocycles. The van der Waals surface area contributed by atoms with Gasteiger partial charge in [0.2, 0.25) is 0 Å². The summed E-state index contributed by atoms with van der Waals surface area (Å²) in [5, 5.41) is 0.440. The number of hydrogen-bond donors (Lipinski definition) is 0. The van der Waals surface area contributed by atoms with Crippen LogP contribution in [0.2, 0.25) is 5.02 Å². The predicted octanol–water partition coefficient (Wildman–Crippen LogP) is 4.62. The van der Waals surface area contributed by atoms with Gasteiger partial charge in [0, 0.05) is 5.56 Å². The summed E-state index contributed by atoms with van der Waals surface area (Å²) < 4.78 is 11.0.